The molecule has 0 saturated carbocycles. The van der Waals surface area contributed by atoms with Gasteiger partial charge in [-0.2, -0.15) is 4.98 Å². The topological polar surface area (TPSA) is 86.2 Å². The van der Waals surface area contributed by atoms with Gasteiger partial charge in [-0.05, 0) is 12.1 Å². The minimum absolute atomic E-state index is 0.174. The number of nitrogens with zero attached hydrogens (tertiary/aromatic N) is 1. The summed E-state index contributed by atoms with van der Waals surface area (Å²) in [4.78, 5) is 28.0. The number of anilines is 1. The van der Waals surface area contributed by atoms with Crippen molar-refractivity contribution in [1.29, 1.82) is 0 Å². The van der Waals surface area contributed by atoms with E-state index in [4.69, 9.17) is 10.2 Å². The van der Waals surface area contributed by atoms with Crippen LogP contribution in [0.5, 0.6) is 0 Å². The number of ketones is 1. The van der Waals surface area contributed by atoms with Crippen molar-refractivity contribution in [3.8, 4) is 11.3 Å². The molecule has 0 fully saturated rings. The van der Waals surface area contributed by atoms with Gasteiger partial charge in [-0.3, -0.25) is 4.79 Å². The van der Waals surface area contributed by atoms with Gasteiger partial charge in [0.05, 0.1) is 16.5 Å². The van der Waals surface area contributed by atoms with E-state index in [1.54, 1.807) is 36.4 Å². The summed E-state index contributed by atoms with van der Waals surface area (Å²) in [7, 11) is 0. The van der Waals surface area contributed by atoms with Crippen LogP contribution in [0, 0.1) is 0 Å². The van der Waals surface area contributed by atoms with Gasteiger partial charge in [0.25, 0.3) is 0 Å². The Morgan fingerprint density at radius 3 is 2.55 bits per heavy atom. The maximum absolute atomic E-state index is 12.6. The van der Waals surface area contributed by atoms with Crippen molar-refractivity contribution in [2.75, 3.05) is 5.73 Å². The molecule has 3 aromatic rings. The van der Waals surface area contributed by atoms with Gasteiger partial charge >= 0.3 is 5.76 Å². The first kappa shape index (κ1) is 10.9. The second-order valence-corrected chi connectivity index (χ2v) is 4.61. The van der Waals surface area contributed by atoms with E-state index in [-0.39, 0.29) is 5.78 Å². The molecule has 0 unspecified atom stereocenters. The smallest absolute Gasteiger partial charge is 0.407 e. The molecule has 0 spiro atoms. The number of hydrogen-bond acceptors (Lipinski definition) is 5. The molecule has 0 bridgehead atoms. The highest BCUT2D eigenvalue weighted by Gasteiger charge is 2.29. The van der Waals surface area contributed by atoms with Crippen LogP contribution in [0.4, 0.5) is 5.69 Å². The Morgan fingerprint density at radius 1 is 1.00 bits per heavy atom. The Hall–Kier alpha value is -2.95. The fourth-order valence-electron chi connectivity index (χ4n) is 2.64. The minimum Gasteiger partial charge on any atom is -0.407 e. The molecule has 0 atom stereocenters. The van der Waals surface area contributed by atoms with Crippen LogP contribution >= 0.6 is 0 Å². The number of aromatic nitrogens is 1. The van der Waals surface area contributed by atoms with E-state index in [9.17, 15) is 9.59 Å². The summed E-state index contributed by atoms with van der Waals surface area (Å²) in [5, 5.41) is 0.508. The highest BCUT2D eigenvalue weighted by Crippen LogP contribution is 2.39. The maximum atomic E-state index is 12.6. The predicted octanol–water partition coefficient (Wildman–Crippen LogP) is 1.98. The Balaban J connectivity index is 2.33. The van der Waals surface area contributed by atoms with E-state index in [2.05, 4.69) is 4.98 Å². The van der Waals surface area contributed by atoms with Crippen molar-refractivity contribution in [3.63, 3.8) is 0 Å². The second-order valence-electron chi connectivity index (χ2n) is 4.61. The molecular formula is C15H8N2O3. The SMILES string of the molecule is Nc1ccc2nc(=O)oc3c2c1C(=O)c1ccccc1-3. The normalized spacial score (nSPS) is 12.5. The molecule has 4 rings (SSSR count). The molecule has 96 valence electrons. The molecule has 20 heavy (non-hydrogen) atoms. The monoisotopic (exact) mass is 264 g/mol. The van der Waals surface area contributed by atoms with Crippen molar-refractivity contribution in [2.24, 2.45) is 0 Å². The van der Waals surface area contributed by atoms with Crippen molar-refractivity contribution >= 4 is 22.4 Å². The standard InChI is InChI=1S/C15H8N2O3/c16-9-5-6-10-12-11(9)13(18)7-3-1-2-4-8(7)14(12)20-15(19)17-10/h1-6H,16H2. The van der Waals surface area contributed by atoms with Gasteiger partial charge in [0.1, 0.15) is 0 Å². The number of rotatable bonds is 0. The molecule has 0 amide bonds. The van der Waals surface area contributed by atoms with Crippen LogP contribution in [0.25, 0.3) is 22.2 Å². The lowest BCUT2D eigenvalue weighted by Crippen LogP contribution is -2.16. The Kier molecular flexibility index (Phi) is 1.93. The van der Waals surface area contributed by atoms with Crippen LogP contribution in [0.15, 0.2) is 45.6 Å². The zero-order chi connectivity index (χ0) is 13.9. The Labute approximate surface area is 112 Å². The number of nitrogens with two attached hydrogens (primary N) is 1. The molecule has 5 nitrogen and oxygen atoms in total. The summed E-state index contributed by atoms with van der Waals surface area (Å²) in [6.07, 6.45) is 0. The molecule has 1 aromatic heterocycles. The van der Waals surface area contributed by atoms with Crippen molar-refractivity contribution < 1.29 is 9.21 Å². The Bertz CT molecular complexity index is 957. The van der Waals surface area contributed by atoms with E-state index in [0.29, 0.717) is 39.0 Å². The number of benzene rings is 2. The fourth-order valence-corrected chi connectivity index (χ4v) is 2.64. The third-order valence-corrected chi connectivity index (χ3v) is 3.49. The third-order valence-electron chi connectivity index (χ3n) is 3.49. The predicted molar refractivity (Wildman–Crippen MR) is 73.6 cm³/mol. The lowest BCUT2D eigenvalue weighted by atomic mass is 9.86. The largest absolute Gasteiger partial charge is 0.439 e. The molecule has 2 aromatic carbocycles. The molecule has 5 heteroatoms. The summed E-state index contributed by atoms with van der Waals surface area (Å²) in [6.45, 7) is 0. The van der Waals surface area contributed by atoms with Gasteiger partial charge in [0.2, 0.25) is 0 Å². The fraction of sp³-hybridized carbons (Fsp3) is 0. The first-order valence-electron chi connectivity index (χ1n) is 6.04. The molecule has 1 heterocycles. The van der Waals surface area contributed by atoms with E-state index in [1.165, 1.54) is 0 Å². The van der Waals surface area contributed by atoms with Gasteiger partial charge in [0, 0.05) is 16.8 Å². The van der Waals surface area contributed by atoms with Crippen molar-refractivity contribution in [1.82, 2.24) is 4.98 Å². The average molecular weight is 264 g/mol. The first-order valence-corrected chi connectivity index (χ1v) is 6.04. The molecule has 2 N–H and O–H groups in total. The first-order chi connectivity index (χ1) is 9.66. The second kappa shape index (κ2) is 3.54. The third kappa shape index (κ3) is 1.23. The number of fused-ring (bicyclic) bond motifs is 2. The molecule has 0 aliphatic heterocycles. The summed E-state index contributed by atoms with van der Waals surface area (Å²) in [6, 6.07) is 10.2. The van der Waals surface area contributed by atoms with Crippen LogP contribution in [0.3, 0.4) is 0 Å². The number of carbonyl (C=O) groups excluding carboxylic acids is 1. The lowest BCUT2D eigenvalue weighted by molar-refractivity contribution is 0.104. The van der Waals surface area contributed by atoms with Gasteiger partial charge in [0.15, 0.2) is 11.5 Å². The highest BCUT2D eigenvalue weighted by atomic mass is 16.4. The van der Waals surface area contributed by atoms with Gasteiger partial charge < -0.3 is 10.2 Å². The molecule has 1 aliphatic rings. The van der Waals surface area contributed by atoms with E-state index >= 15 is 0 Å². The van der Waals surface area contributed by atoms with E-state index < -0.39 is 5.76 Å². The van der Waals surface area contributed by atoms with Crippen LogP contribution in [-0.2, 0) is 0 Å². The molecule has 0 saturated heterocycles. The van der Waals surface area contributed by atoms with E-state index in [0.717, 1.165) is 0 Å². The lowest BCUT2D eigenvalue weighted by Gasteiger charge is -2.18. The Morgan fingerprint density at radius 2 is 1.75 bits per heavy atom. The summed E-state index contributed by atoms with van der Waals surface area (Å²) >= 11 is 0. The minimum atomic E-state index is -0.688. The van der Waals surface area contributed by atoms with Crippen LogP contribution in [0.1, 0.15) is 15.9 Å². The summed E-state index contributed by atoms with van der Waals surface area (Å²) in [5.41, 5.74) is 8.12. The molecular weight excluding hydrogens is 256 g/mol. The zero-order valence-corrected chi connectivity index (χ0v) is 10.2. The van der Waals surface area contributed by atoms with Gasteiger partial charge in [-0.1, -0.05) is 24.3 Å². The number of nitrogen functional groups attached to an aromatic ring is 1. The zero-order valence-electron chi connectivity index (χ0n) is 10.2. The van der Waals surface area contributed by atoms with Gasteiger partial charge in [-0.15, -0.1) is 0 Å². The molecule has 1 aliphatic carbocycles. The van der Waals surface area contributed by atoms with Crippen molar-refractivity contribution in [2.45, 2.75) is 0 Å². The number of carbonyl (C=O) groups is 1. The molecule has 0 radical (unpaired) electrons. The summed E-state index contributed by atoms with van der Waals surface area (Å²) in [5.74, 6) is -0.503. The maximum Gasteiger partial charge on any atom is 0.439 e. The highest BCUT2D eigenvalue weighted by molar-refractivity contribution is 6.26. The van der Waals surface area contributed by atoms with Crippen molar-refractivity contribution in [3.05, 3.63) is 58.1 Å². The van der Waals surface area contributed by atoms with Crippen LogP contribution in [0.2, 0.25) is 0 Å². The quantitative estimate of drug-likeness (QED) is 0.491. The number of hydrogen-bond donors (Lipinski definition) is 1. The summed E-state index contributed by atoms with van der Waals surface area (Å²) < 4.78 is 5.23. The average Bonchev–Trinajstić information content (AvgIpc) is 2.45. The van der Waals surface area contributed by atoms with Crippen LogP contribution in [-0.4, -0.2) is 10.8 Å². The van der Waals surface area contributed by atoms with E-state index in [1.807, 2.05) is 0 Å². The van der Waals surface area contributed by atoms with Crippen LogP contribution < -0.4 is 11.5 Å². The van der Waals surface area contributed by atoms with Gasteiger partial charge in [-0.25, -0.2) is 4.79 Å².